The van der Waals surface area contributed by atoms with Crippen molar-refractivity contribution < 1.29 is 0 Å². The maximum atomic E-state index is 8.95. The zero-order chi connectivity index (χ0) is 13.8. The molecule has 0 atom stereocenters. The molecule has 1 fully saturated rings. The topological polar surface area (TPSA) is 52.0 Å². The summed E-state index contributed by atoms with van der Waals surface area (Å²) in [6.07, 6.45) is 0. The summed E-state index contributed by atoms with van der Waals surface area (Å²) in [5.74, 6) is 0. The molecule has 1 N–H and O–H groups in total. The van der Waals surface area contributed by atoms with E-state index in [1.807, 2.05) is 24.3 Å². The third-order valence-corrected chi connectivity index (χ3v) is 4.24. The molecule has 1 aliphatic rings. The number of nitrogens with zero attached hydrogens (tertiary/aromatic N) is 3. The number of aromatic nitrogens is 1. The standard InChI is InChI=1S/C15H16N4S/c16-9-12-2-1-3-13(8-12)14-11-20-15(18-14)10-19-6-4-17-5-7-19/h1-3,8,11,17H,4-7,10H2. The Bertz CT molecular complexity index is 623. The fourth-order valence-electron chi connectivity index (χ4n) is 2.32. The zero-order valence-corrected chi connectivity index (χ0v) is 12.0. The van der Waals surface area contributed by atoms with Crippen LogP contribution in [0.2, 0.25) is 0 Å². The van der Waals surface area contributed by atoms with Crippen LogP contribution < -0.4 is 5.32 Å². The fourth-order valence-corrected chi connectivity index (χ4v) is 3.17. The first kappa shape index (κ1) is 13.3. The zero-order valence-electron chi connectivity index (χ0n) is 11.2. The Balaban J connectivity index is 1.74. The second-order valence-electron chi connectivity index (χ2n) is 4.85. The van der Waals surface area contributed by atoms with E-state index in [0.717, 1.165) is 49.0 Å². The predicted octanol–water partition coefficient (Wildman–Crippen LogP) is 2.09. The summed E-state index contributed by atoms with van der Waals surface area (Å²) in [7, 11) is 0. The highest BCUT2D eigenvalue weighted by Crippen LogP contribution is 2.23. The van der Waals surface area contributed by atoms with E-state index in [2.05, 4.69) is 21.7 Å². The van der Waals surface area contributed by atoms with Crippen molar-refractivity contribution in [1.29, 1.82) is 5.26 Å². The summed E-state index contributed by atoms with van der Waals surface area (Å²) in [5.41, 5.74) is 2.67. The summed E-state index contributed by atoms with van der Waals surface area (Å²) in [6.45, 7) is 5.20. The van der Waals surface area contributed by atoms with Crippen LogP contribution in [0.3, 0.4) is 0 Å². The first-order valence-electron chi connectivity index (χ1n) is 6.73. The number of piperazine rings is 1. The molecule has 5 heteroatoms. The Morgan fingerprint density at radius 2 is 2.20 bits per heavy atom. The van der Waals surface area contributed by atoms with Crippen molar-refractivity contribution in [3.05, 3.63) is 40.2 Å². The third-order valence-electron chi connectivity index (χ3n) is 3.41. The van der Waals surface area contributed by atoms with E-state index in [1.165, 1.54) is 0 Å². The molecule has 0 bridgehead atoms. The van der Waals surface area contributed by atoms with Gasteiger partial charge in [-0.1, -0.05) is 12.1 Å². The molecule has 0 unspecified atom stereocenters. The number of thiazole rings is 1. The van der Waals surface area contributed by atoms with E-state index in [9.17, 15) is 0 Å². The van der Waals surface area contributed by atoms with Crippen molar-refractivity contribution in [2.24, 2.45) is 0 Å². The molecule has 0 amide bonds. The molecule has 102 valence electrons. The third kappa shape index (κ3) is 3.05. The number of nitriles is 1. The van der Waals surface area contributed by atoms with Crippen LogP contribution in [0.5, 0.6) is 0 Å². The molecule has 4 nitrogen and oxygen atoms in total. The van der Waals surface area contributed by atoms with Crippen molar-refractivity contribution in [3.8, 4) is 17.3 Å². The van der Waals surface area contributed by atoms with Gasteiger partial charge in [-0.05, 0) is 12.1 Å². The molecule has 0 spiro atoms. The average Bonchev–Trinajstić information content (AvgIpc) is 2.97. The summed E-state index contributed by atoms with van der Waals surface area (Å²) in [5, 5.41) is 15.5. The normalized spacial score (nSPS) is 15.9. The quantitative estimate of drug-likeness (QED) is 0.937. The lowest BCUT2D eigenvalue weighted by Gasteiger charge is -2.26. The smallest absolute Gasteiger partial charge is 0.107 e. The Morgan fingerprint density at radius 3 is 3.00 bits per heavy atom. The molecule has 1 aromatic heterocycles. The van der Waals surface area contributed by atoms with Gasteiger partial charge in [-0.2, -0.15) is 5.26 Å². The predicted molar refractivity (Wildman–Crippen MR) is 80.4 cm³/mol. The second kappa shape index (κ2) is 6.14. The van der Waals surface area contributed by atoms with Gasteiger partial charge in [0.1, 0.15) is 5.01 Å². The first-order valence-corrected chi connectivity index (χ1v) is 7.61. The molecule has 0 radical (unpaired) electrons. The van der Waals surface area contributed by atoms with Gasteiger partial charge in [0.2, 0.25) is 0 Å². The highest BCUT2D eigenvalue weighted by atomic mass is 32.1. The minimum atomic E-state index is 0.680. The van der Waals surface area contributed by atoms with E-state index < -0.39 is 0 Å². The average molecular weight is 284 g/mol. The number of rotatable bonds is 3. The highest BCUT2D eigenvalue weighted by molar-refractivity contribution is 7.09. The molecule has 1 aliphatic heterocycles. The van der Waals surface area contributed by atoms with Crippen molar-refractivity contribution in [1.82, 2.24) is 15.2 Å². The molecule has 2 heterocycles. The van der Waals surface area contributed by atoms with Crippen molar-refractivity contribution in [2.45, 2.75) is 6.54 Å². The first-order chi connectivity index (χ1) is 9.85. The van der Waals surface area contributed by atoms with Gasteiger partial charge in [0, 0.05) is 37.1 Å². The van der Waals surface area contributed by atoms with E-state index in [0.29, 0.717) is 5.56 Å². The molecule has 1 saturated heterocycles. The fraction of sp³-hybridized carbons (Fsp3) is 0.333. The Morgan fingerprint density at radius 1 is 1.35 bits per heavy atom. The van der Waals surface area contributed by atoms with E-state index in [1.54, 1.807) is 11.3 Å². The van der Waals surface area contributed by atoms with Gasteiger partial charge in [-0.3, -0.25) is 4.90 Å². The van der Waals surface area contributed by atoms with Crippen LogP contribution in [0.4, 0.5) is 0 Å². The minimum Gasteiger partial charge on any atom is -0.314 e. The van der Waals surface area contributed by atoms with Gasteiger partial charge in [-0.25, -0.2) is 4.98 Å². The van der Waals surface area contributed by atoms with Crippen LogP contribution in [0, 0.1) is 11.3 Å². The van der Waals surface area contributed by atoms with E-state index >= 15 is 0 Å². The van der Waals surface area contributed by atoms with Crippen LogP contribution in [0.15, 0.2) is 29.6 Å². The van der Waals surface area contributed by atoms with Crippen molar-refractivity contribution in [2.75, 3.05) is 26.2 Å². The van der Waals surface area contributed by atoms with E-state index in [-0.39, 0.29) is 0 Å². The minimum absolute atomic E-state index is 0.680. The Hall–Kier alpha value is -1.74. The van der Waals surface area contributed by atoms with E-state index in [4.69, 9.17) is 10.2 Å². The van der Waals surface area contributed by atoms with Gasteiger partial charge in [0.05, 0.1) is 23.9 Å². The van der Waals surface area contributed by atoms with Crippen LogP contribution >= 0.6 is 11.3 Å². The highest BCUT2D eigenvalue weighted by Gasteiger charge is 2.12. The van der Waals surface area contributed by atoms with Gasteiger partial charge < -0.3 is 5.32 Å². The summed E-state index contributed by atoms with van der Waals surface area (Å²) >= 11 is 1.70. The molecule has 3 rings (SSSR count). The van der Waals surface area contributed by atoms with Gasteiger partial charge in [0.15, 0.2) is 0 Å². The lowest BCUT2D eigenvalue weighted by molar-refractivity contribution is 0.233. The van der Waals surface area contributed by atoms with Crippen molar-refractivity contribution >= 4 is 11.3 Å². The number of hydrogen-bond donors (Lipinski definition) is 1. The molecule has 0 saturated carbocycles. The lowest BCUT2D eigenvalue weighted by atomic mass is 10.1. The SMILES string of the molecule is N#Cc1cccc(-c2csc(CN3CCNCC3)n2)c1. The number of nitrogens with one attached hydrogen (secondary N) is 1. The Labute approximate surface area is 122 Å². The Kier molecular flexibility index (Phi) is 4.07. The monoisotopic (exact) mass is 284 g/mol. The lowest BCUT2D eigenvalue weighted by Crippen LogP contribution is -2.42. The molecule has 2 aromatic rings. The van der Waals surface area contributed by atoms with Crippen LogP contribution in [-0.2, 0) is 6.54 Å². The summed E-state index contributed by atoms with van der Waals surface area (Å²) in [6, 6.07) is 9.79. The number of benzene rings is 1. The summed E-state index contributed by atoms with van der Waals surface area (Å²) < 4.78 is 0. The van der Waals surface area contributed by atoms with Crippen molar-refractivity contribution in [3.63, 3.8) is 0 Å². The molecule has 1 aromatic carbocycles. The second-order valence-corrected chi connectivity index (χ2v) is 5.79. The van der Waals surface area contributed by atoms with Crippen LogP contribution in [-0.4, -0.2) is 36.1 Å². The maximum absolute atomic E-state index is 8.95. The largest absolute Gasteiger partial charge is 0.314 e. The molecular formula is C15H16N4S. The van der Waals surface area contributed by atoms with Gasteiger partial charge >= 0.3 is 0 Å². The van der Waals surface area contributed by atoms with Crippen LogP contribution in [0.25, 0.3) is 11.3 Å². The van der Waals surface area contributed by atoms with Gasteiger partial charge in [0.25, 0.3) is 0 Å². The molecule has 20 heavy (non-hydrogen) atoms. The number of hydrogen-bond acceptors (Lipinski definition) is 5. The molecule has 0 aliphatic carbocycles. The van der Waals surface area contributed by atoms with Crippen LogP contribution in [0.1, 0.15) is 10.6 Å². The van der Waals surface area contributed by atoms with Gasteiger partial charge in [-0.15, -0.1) is 11.3 Å². The molecular weight excluding hydrogens is 268 g/mol. The maximum Gasteiger partial charge on any atom is 0.107 e. The summed E-state index contributed by atoms with van der Waals surface area (Å²) in [4.78, 5) is 7.12.